The molecular formula is C13H26N4. The van der Waals surface area contributed by atoms with E-state index in [0.717, 1.165) is 19.5 Å². The maximum atomic E-state index is 4.16. The molecule has 0 aromatic carbocycles. The fourth-order valence-electron chi connectivity index (χ4n) is 2.12. The lowest BCUT2D eigenvalue weighted by Gasteiger charge is -2.18. The van der Waals surface area contributed by atoms with Crippen molar-refractivity contribution in [2.45, 2.75) is 65.5 Å². The Kier molecular flexibility index (Phi) is 6.86. The van der Waals surface area contributed by atoms with Gasteiger partial charge in [-0.2, -0.15) is 0 Å². The van der Waals surface area contributed by atoms with Crippen molar-refractivity contribution in [3.8, 4) is 0 Å². The highest BCUT2D eigenvalue weighted by atomic mass is 15.4. The third-order valence-electron chi connectivity index (χ3n) is 2.99. The molecule has 1 N–H and O–H groups in total. The fourth-order valence-corrected chi connectivity index (χ4v) is 2.12. The van der Waals surface area contributed by atoms with Gasteiger partial charge in [0.15, 0.2) is 0 Å². The van der Waals surface area contributed by atoms with E-state index < -0.39 is 0 Å². The minimum atomic E-state index is 0.410. The third kappa shape index (κ3) is 4.46. The van der Waals surface area contributed by atoms with Gasteiger partial charge in [-0.3, -0.25) is 0 Å². The highest BCUT2D eigenvalue weighted by Gasteiger charge is 2.15. The number of rotatable bonds is 9. The minimum absolute atomic E-state index is 0.410. The van der Waals surface area contributed by atoms with Crippen molar-refractivity contribution in [3.05, 3.63) is 11.9 Å². The van der Waals surface area contributed by atoms with E-state index in [4.69, 9.17) is 0 Å². The van der Waals surface area contributed by atoms with E-state index >= 15 is 0 Å². The summed E-state index contributed by atoms with van der Waals surface area (Å²) in [5, 5.41) is 11.8. The molecule has 4 nitrogen and oxygen atoms in total. The minimum Gasteiger partial charge on any atom is -0.309 e. The first kappa shape index (κ1) is 14.2. The number of aromatic nitrogens is 3. The van der Waals surface area contributed by atoms with Crippen LogP contribution in [0.4, 0.5) is 0 Å². The summed E-state index contributed by atoms with van der Waals surface area (Å²) < 4.78 is 2.04. The number of hydrogen-bond donors (Lipinski definition) is 1. The zero-order chi connectivity index (χ0) is 12.5. The van der Waals surface area contributed by atoms with Crippen LogP contribution >= 0.6 is 0 Å². The molecule has 0 spiro atoms. The Hall–Kier alpha value is -0.900. The molecule has 1 heterocycles. The molecule has 1 rings (SSSR count). The van der Waals surface area contributed by atoms with E-state index in [0.29, 0.717) is 6.04 Å². The third-order valence-corrected chi connectivity index (χ3v) is 2.99. The molecule has 1 aromatic rings. The van der Waals surface area contributed by atoms with E-state index in [9.17, 15) is 0 Å². The van der Waals surface area contributed by atoms with Gasteiger partial charge in [-0.1, -0.05) is 45.2 Å². The number of hydrogen-bond acceptors (Lipinski definition) is 3. The van der Waals surface area contributed by atoms with Crippen LogP contribution in [0, 0.1) is 0 Å². The van der Waals surface area contributed by atoms with Crippen molar-refractivity contribution in [2.75, 3.05) is 6.54 Å². The Balaban J connectivity index is 2.63. The molecule has 0 aliphatic heterocycles. The Morgan fingerprint density at radius 3 is 2.71 bits per heavy atom. The van der Waals surface area contributed by atoms with Crippen LogP contribution in [0.1, 0.15) is 64.6 Å². The summed E-state index contributed by atoms with van der Waals surface area (Å²) >= 11 is 0. The van der Waals surface area contributed by atoms with Crippen molar-refractivity contribution in [2.24, 2.45) is 0 Å². The van der Waals surface area contributed by atoms with Gasteiger partial charge in [-0.15, -0.1) is 5.10 Å². The van der Waals surface area contributed by atoms with Gasteiger partial charge >= 0.3 is 0 Å². The number of nitrogens with one attached hydrogen (secondary N) is 1. The first-order valence-corrected chi connectivity index (χ1v) is 6.95. The molecule has 0 saturated heterocycles. The van der Waals surface area contributed by atoms with Crippen LogP contribution in [0.15, 0.2) is 6.20 Å². The van der Waals surface area contributed by atoms with E-state index in [1.807, 2.05) is 10.9 Å². The van der Waals surface area contributed by atoms with Gasteiger partial charge < -0.3 is 5.32 Å². The molecule has 0 amide bonds. The average molecular weight is 238 g/mol. The van der Waals surface area contributed by atoms with Crippen molar-refractivity contribution in [1.82, 2.24) is 20.3 Å². The molecule has 0 saturated carbocycles. The summed E-state index contributed by atoms with van der Waals surface area (Å²) in [6, 6.07) is 0.410. The number of unbranched alkanes of at least 4 members (excludes halogenated alkanes) is 2. The van der Waals surface area contributed by atoms with Crippen LogP contribution in [0.25, 0.3) is 0 Å². The predicted octanol–water partition coefficient (Wildman–Crippen LogP) is 2.92. The highest BCUT2D eigenvalue weighted by molar-refractivity contribution is 5.02. The Morgan fingerprint density at radius 1 is 1.24 bits per heavy atom. The molecule has 0 aliphatic rings. The lowest BCUT2D eigenvalue weighted by Crippen LogP contribution is -2.24. The number of aryl methyl sites for hydroxylation is 1. The second kappa shape index (κ2) is 8.23. The molecular weight excluding hydrogens is 212 g/mol. The van der Waals surface area contributed by atoms with E-state index in [-0.39, 0.29) is 0 Å². The quantitative estimate of drug-likeness (QED) is 0.673. The molecule has 1 unspecified atom stereocenters. The molecule has 0 radical (unpaired) electrons. The van der Waals surface area contributed by atoms with E-state index in [1.54, 1.807) is 0 Å². The van der Waals surface area contributed by atoms with Gasteiger partial charge in [-0.05, 0) is 19.4 Å². The maximum Gasteiger partial charge on any atom is 0.0756 e. The molecule has 0 bridgehead atoms. The first-order chi connectivity index (χ1) is 8.33. The number of nitrogens with zero attached hydrogens (tertiary/aromatic N) is 3. The van der Waals surface area contributed by atoms with Crippen molar-refractivity contribution >= 4 is 0 Å². The predicted molar refractivity (Wildman–Crippen MR) is 70.9 cm³/mol. The van der Waals surface area contributed by atoms with Crippen LogP contribution in [-0.4, -0.2) is 21.5 Å². The van der Waals surface area contributed by atoms with Gasteiger partial charge in [0.2, 0.25) is 0 Å². The molecule has 0 fully saturated rings. The molecule has 1 atom stereocenters. The second-order valence-electron chi connectivity index (χ2n) is 4.49. The summed E-state index contributed by atoms with van der Waals surface area (Å²) in [6.45, 7) is 8.52. The van der Waals surface area contributed by atoms with Crippen LogP contribution in [0.5, 0.6) is 0 Å². The Labute approximate surface area is 105 Å². The standard InChI is InChI=1S/C13H26N4/c1-4-7-8-9-12(14-6-3)13-11-15-16-17(13)10-5-2/h11-12,14H,4-10H2,1-3H3. The lowest BCUT2D eigenvalue weighted by molar-refractivity contribution is 0.439. The van der Waals surface area contributed by atoms with Gasteiger partial charge in [0, 0.05) is 6.54 Å². The smallest absolute Gasteiger partial charge is 0.0756 e. The van der Waals surface area contributed by atoms with Crippen LogP contribution in [-0.2, 0) is 6.54 Å². The van der Waals surface area contributed by atoms with Crippen molar-refractivity contribution in [1.29, 1.82) is 0 Å². The largest absolute Gasteiger partial charge is 0.309 e. The Bertz CT molecular complexity index is 295. The Morgan fingerprint density at radius 2 is 2.06 bits per heavy atom. The first-order valence-electron chi connectivity index (χ1n) is 6.95. The summed E-state index contributed by atoms with van der Waals surface area (Å²) in [5.41, 5.74) is 1.24. The highest BCUT2D eigenvalue weighted by Crippen LogP contribution is 2.19. The SMILES string of the molecule is CCCCCC(NCC)c1cnnn1CCC. The molecule has 4 heteroatoms. The van der Waals surface area contributed by atoms with E-state index in [1.165, 1.54) is 31.4 Å². The normalized spacial score (nSPS) is 12.9. The average Bonchev–Trinajstić information content (AvgIpc) is 2.77. The van der Waals surface area contributed by atoms with Crippen LogP contribution < -0.4 is 5.32 Å². The summed E-state index contributed by atoms with van der Waals surface area (Å²) in [7, 11) is 0. The summed E-state index contributed by atoms with van der Waals surface area (Å²) in [6.07, 6.45) is 8.03. The zero-order valence-electron chi connectivity index (χ0n) is 11.4. The monoisotopic (exact) mass is 238 g/mol. The maximum absolute atomic E-state index is 4.16. The van der Waals surface area contributed by atoms with Crippen molar-refractivity contribution < 1.29 is 0 Å². The summed E-state index contributed by atoms with van der Waals surface area (Å²) in [5.74, 6) is 0. The molecule has 98 valence electrons. The lowest BCUT2D eigenvalue weighted by atomic mass is 10.1. The molecule has 0 aliphatic carbocycles. The van der Waals surface area contributed by atoms with Gasteiger partial charge in [0.05, 0.1) is 17.9 Å². The second-order valence-corrected chi connectivity index (χ2v) is 4.49. The van der Waals surface area contributed by atoms with Gasteiger partial charge in [-0.25, -0.2) is 4.68 Å². The van der Waals surface area contributed by atoms with Crippen molar-refractivity contribution in [3.63, 3.8) is 0 Å². The van der Waals surface area contributed by atoms with Gasteiger partial charge in [0.25, 0.3) is 0 Å². The zero-order valence-corrected chi connectivity index (χ0v) is 11.4. The van der Waals surface area contributed by atoms with Crippen LogP contribution in [0.2, 0.25) is 0 Å². The fraction of sp³-hybridized carbons (Fsp3) is 0.846. The van der Waals surface area contributed by atoms with Gasteiger partial charge in [0.1, 0.15) is 0 Å². The van der Waals surface area contributed by atoms with Crippen LogP contribution in [0.3, 0.4) is 0 Å². The topological polar surface area (TPSA) is 42.7 Å². The van der Waals surface area contributed by atoms with E-state index in [2.05, 4.69) is 36.4 Å². The molecule has 17 heavy (non-hydrogen) atoms. The molecule has 1 aromatic heterocycles. The summed E-state index contributed by atoms with van der Waals surface area (Å²) in [4.78, 5) is 0.